The van der Waals surface area contributed by atoms with Gasteiger partial charge in [0.15, 0.2) is 6.61 Å². The normalized spacial score (nSPS) is 9.83. The number of hydrogen-bond donors (Lipinski definition) is 2. The number of benzene rings is 2. The third-order valence-electron chi connectivity index (χ3n) is 3.07. The molecule has 0 fully saturated rings. The molecule has 0 saturated heterocycles. The van der Waals surface area contributed by atoms with Crippen molar-refractivity contribution in [1.82, 2.24) is 10.9 Å². The highest BCUT2D eigenvalue weighted by Crippen LogP contribution is 2.12. The van der Waals surface area contributed by atoms with Gasteiger partial charge in [0.2, 0.25) is 0 Å². The molecule has 0 aliphatic heterocycles. The molecule has 0 heterocycles. The number of rotatable bonds is 5. The average Bonchev–Trinajstić information content (AvgIpc) is 2.58. The van der Waals surface area contributed by atoms with E-state index < -0.39 is 5.91 Å². The van der Waals surface area contributed by atoms with E-state index in [4.69, 9.17) is 4.74 Å². The molecule has 0 aliphatic carbocycles. The van der Waals surface area contributed by atoms with Gasteiger partial charge in [-0.3, -0.25) is 20.4 Å². The molecule has 120 valence electrons. The Morgan fingerprint density at radius 2 is 1.61 bits per heavy atom. The van der Waals surface area contributed by atoms with E-state index in [0.29, 0.717) is 11.3 Å². The number of anilines is 1. The molecule has 0 aliphatic rings. The SMILES string of the molecule is CN(C)c1ccc(C(=O)NNC(=O)COc2ccccc2)cc1. The van der Waals surface area contributed by atoms with Crippen molar-refractivity contribution in [2.24, 2.45) is 0 Å². The molecule has 6 heteroatoms. The molecule has 0 saturated carbocycles. The van der Waals surface area contributed by atoms with Crippen LogP contribution in [0.3, 0.4) is 0 Å². The Hall–Kier alpha value is -3.02. The molecule has 2 aromatic carbocycles. The van der Waals surface area contributed by atoms with Gasteiger partial charge in [-0.05, 0) is 36.4 Å². The Bertz CT molecular complexity index is 655. The van der Waals surface area contributed by atoms with E-state index in [1.165, 1.54) is 0 Å². The number of nitrogens with zero attached hydrogens (tertiary/aromatic N) is 1. The van der Waals surface area contributed by atoms with Crippen LogP contribution >= 0.6 is 0 Å². The highest BCUT2D eigenvalue weighted by atomic mass is 16.5. The fourth-order valence-corrected chi connectivity index (χ4v) is 1.81. The lowest BCUT2D eigenvalue weighted by Gasteiger charge is -2.13. The van der Waals surface area contributed by atoms with Crippen molar-refractivity contribution in [2.75, 3.05) is 25.6 Å². The van der Waals surface area contributed by atoms with Gasteiger partial charge in [-0.1, -0.05) is 18.2 Å². The maximum atomic E-state index is 11.9. The van der Waals surface area contributed by atoms with Gasteiger partial charge in [-0.15, -0.1) is 0 Å². The summed E-state index contributed by atoms with van der Waals surface area (Å²) in [5.41, 5.74) is 6.11. The second-order valence-corrected chi connectivity index (χ2v) is 5.05. The first-order valence-corrected chi connectivity index (χ1v) is 7.10. The summed E-state index contributed by atoms with van der Waals surface area (Å²) in [6.45, 7) is -0.177. The summed E-state index contributed by atoms with van der Waals surface area (Å²) in [5, 5.41) is 0. The maximum Gasteiger partial charge on any atom is 0.276 e. The van der Waals surface area contributed by atoms with Crippen LogP contribution < -0.4 is 20.5 Å². The molecule has 2 aromatic rings. The summed E-state index contributed by atoms with van der Waals surface area (Å²) in [6, 6.07) is 16.0. The molecule has 0 atom stereocenters. The predicted molar refractivity (Wildman–Crippen MR) is 88.3 cm³/mol. The standard InChI is InChI=1S/C17H19N3O3/c1-20(2)14-10-8-13(9-11-14)17(22)19-18-16(21)12-23-15-6-4-3-5-7-15/h3-11H,12H2,1-2H3,(H,18,21)(H,19,22). The largest absolute Gasteiger partial charge is 0.484 e. The summed E-state index contributed by atoms with van der Waals surface area (Å²) in [6.07, 6.45) is 0. The Kier molecular flexibility index (Phi) is 5.57. The molecule has 0 radical (unpaired) electrons. The number of hydrazine groups is 1. The van der Waals surface area contributed by atoms with Crippen molar-refractivity contribution >= 4 is 17.5 Å². The minimum atomic E-state index is -0.438. The Balaban J connectivity index is 1.78. The Morgan fingerprint density at radius 1 is 0.957 bits per heavy atom. The minimum absolute atomic E-state index is 0.177. The fourth-order valence-electron chi connectivity index (χ4n) is 1.81. The van der Waals surface area contributed by atoms with E-state index in [2.05, 4.69) is 10.9 Å². The number of nitrogens with one attached hydrogen (secondary N) is 2. The number of amides is 2. The summed E-state index contributed by atoms with van der Waals surface area (Å²) in [4.78, 5) is 25.5. The van der Waals surface area contributed by atoms with Gasteiger partial charge in [-0.25, -0.2) is 0 Å². The van der Waals surface area contributed by atoms with Crippen molar-refractivity contribution in [3.05, 3.63) is 60.2 Å². The molecule has 0 aromatic heterocycles. The second kappa shape index (κ2) is 7.84. The van der Waals surface area contributed by atoms with Crippen LogP contribution in [0.5, 0.6) is 5.75 Å². The van der Waals surface area contributed by atoms with Gasteiger partial charge >= 0.3 is 0 Å². The van der Waals surface area contributed by atoms with Crippen molar-refractivity contribution in [3.63, 3.8) is 0 Å². The summed E-state index contributed by atoms with van der Waals surface area (Å²) < 4.78 is 5.28. The first-order chi connectivity index (χ1) is 11.1. The quantitative estimate of drug-likeness (QED) is 0.823. The summed E-state index contributed by atoms with van der Waals surface area (Å²) >= 11 is 0. The van der Waals surface area contributed by atoms with Crippen LogP contribution in [0.4, 0.5) is 5.69 Å². The van der Waals surface area contributed by atoms with Gasteiger partial charge in [-0.2, -0.15) is 0 Å². The molecule has 2 amide bonds. The molecular weight excluding hydrogens is 294 g/mol. The van der Waals surface area contributed by atoms with Gasteiger partial charge in [0.1, 0.15) is 5.75 Å². The van der Waals surface area contributed by atoms with E-state index in [1.54, 1.807) is 24.3 Å². The average molecular weight is 313 g/mol. The lowest BCUT2D eigenvalue weighted by molar-refractivity contribution is -0.123. The molecule has 0 unspecified atom stereocenters. The Labute approximate surface area is 135 Å². The van der Waals surface area contributed by atoms with Crippen LogP contribution in [0.25, 0.3) is 0 Å². The second-order valence-electron chi connectivity index (χ2n) is 5.05. The number of ether oxygens (including phenoxy) is 1. The third-order valence-corrected chi connectivity index (χ3v) is 3.07. The van der Waals surface area contributed by atoms with Crippen molar-refractivity contribution in [2.45, 2.75) is 0 Å². The van der Waals surface area contributed by atoms with Crippen LogP contribution in [-0.2, 0) is 4.79 Å². The fraction of sp³-hybridized carbons (Fsp3) is 0.176. The summed E-state index contributed by atoms with van der Waals surface area (Å²) in [5.74, 6) is -0.233. The number of carbonyl (C=O) groups excluding carboxylic acids is 2. The highest BCUT2D eigenvalue weighted by molar-refractivity contribution is 5.95. The molecule has 0 bridgehead atoms. The third kappa shape index (κ3) is 5.03. The van der Waals surface area contributed by atoms with Gasteiger partial charge in [0, 0.05) is 25.3 Å². The maximum absolute atomic E-state index is 11.9. The van der Waals surface area contributed by atoms with E-state index in [9.17, 15) is 9.59 Å². The first kappa shape index (κ1) is 16.4. The predicted octanol–water partition coefficient (Wildman–Crippen LogP) is 1.59. The highest BCUT2D eigenvalue weighted by Gasteiger charge is 2.08. The monoisotopic (exact) mass is 313 g/mol. The lowest BCUT2D eigenvalue weighted by atomic mass is 10.2. The minimum Gasteiger partial charge on any atom is -0.484 e. The molecule has 0 spiro atoms. The van der Waals surface area contributed by atoms with E-state index in [1.807, 2.05) is 49.3 Å². The number of para-hydroxylation sites is 1. The van der Waals surface area contributed by atoms with E-state index in [0.717, 1.165) is 5.69 Å². The topological polar surface area (TPSA) is 70.7 Å². The van der Waals surface area contributed by atoms with Crippen LogP contribution in [0, 0.1) is 0 Å². The van der Waals surface area contributed by atoms with E-state index >= 15 is 0 Å². The van der Waals surface area contributed by atoms with Crippen LogP contribution in [-0.4, -0.2) is 32.5 Å². The Morgan fingerprint density at radius 3 is 2.22 bits per heavy atom. The number of carbonyl (C=O) groups is 2. The zero-order valence-electron chi connectivity index (χ0n) is 13.1. The van der Waals surface area contributed by atoms with E-state index in [-0.39, 0.29) is 12.5 Å². The summed E-state index contributed by atoms with van der Waals surface area (Å²) in [7, 11) is 3.84. The van der Waals surface area contributed by atoms with Crippen molar-refractivity contribution in [1.29, 1.82) is 0 Å². The molecule has 2 rings (SSSR count). The molecular formula is C17H19N3O3. The lowest BCUT2D eigenvalue weighted by Crippen LogP contribution is -2.43. The molecule has 2 N–H and O–H groups in total. The number of hydrogen-bond acceptors (Lipinski definition) is 4. The smallest absolute Gasteiger partial charge is 0.276 e. The van der Waals surface area contributed by atoms with Crippen molar-refractivity contribution in [3.8, 4) is 5.75 Å². The van der Waals surface area contributed by atoms with Gasteiger partial charge in [0.25, 0.3) is 11.8 Å². The van der Waals surface area contributed by atoms with Gasteiger partial charge < -0.3 is 9.64 Å². The molecule has 23 heavy (non-hydrogen) atoms. The van der Waals surface area contributed by atoms with Crippen LogP contribution in [0.1, 0.15) is 10.4 Å². The molecule has 6 nitrogen and oxygen atoms in total. The van der Waals surface area contributed by atoms with Gasteiger partial charge in [0.05, 0.1) is 0 Å². The van der Waals surface area contributed by atoms with Crippen LogP contribution in [0.15, 0.2) is 54.6 Å². The van der Waals surface area contributed by atoms with Crippen LogP contribution in [0.2, 0.25) is 0 Å². The first-order valence-electron chi connectivity index (χ1n) is 7.10. The zero-order valence-corrected chi connectivity index (χ0v) is 13.1. The van der Waals surface area contributed by atoms with Crippen molar-refractivity contribution < 1.29 is 14.3 Å². The zero-order chi connectivity index (χ0) is 16.7.